The van der Waals surface area contributed by atoms with Gasteiger partial charge in [-0.05, 0) is 41.6 Å². The van der Waals surface area contributed by atoms with Crippen LogP contribution in [-0.4, -0.2) is 12.5 Å². The Morgan fingerprint density at radius 3 is 2.24 bits per heavy atom. The van der Waals surface area contributed by atoms with Crippen LogP contribution in [0.15, 0.2) is 59.7 Å². The standard InChI is InChI=1S/C20H24N4O/c21-24-22-16-8-3-1-2-7-11-20(25)23-19-14-12-18(13-15-19)17-9-5-4-6-10-17/h4-6,9-10,12-15H,1-3,7-8,11,16H2,(H,23,25). The van der Waals surface area contributed by atoms with Crippen molar-refractivity contribution in [2.45, 2.75) is 38.5 Å². The fraction of sp³-hybridized carbons (Fsp3) is 0.350. The molecular formula is C20H24N4O. The first-order valence-electron chi connectivity index (χ1n) is 8.76. The van der Waals surface area contributed by atoms with Crippen molar-refractivity contribution in [3.63, 3.8) is 0 Å². The minimum absolute atomic E-state index is 0.0570. The van der Waals surface area contributed by atoms with Crippen LogP contribution in [0.1, 0.15) is 38.5 Å². The average Bonchev–Trinajstić information content (AvgIpc) is 2.65. The maximum absolute atomic E-state index is 12.0. The lowest BCUT2D eigenvalue weighted by Crippen LogP contribution is -2.10. The third-order valence-electron chi connectivity index (χ3n) is 4.00. The summed E-state index contributed by atoms with van der Waals surface area (Å²) in [5.74, 6) is 0.0570. The third-order valence-corrected chi connectivity index (χ3v) is 4.00. The molecule has 2 aromatic rings. The zero-order valence-electron chi connectivity index (χ0n) is 14.4. The average molecular weight is 336 g/mol. The maximum atomic E-state index is 12.0. The minimum Gasteiger partial charge on any atom is -0.326 e. The highest BCUT2D eigenvalue weighted by atomic mass is 16.1. The lowest BCUT2D eigenvalue weighted by Gasteiger charge is -2.07. The monoisotopic (exact) mass is 336 g/mol. The number of hydrogen-bond acceptors (Lipinski definition) is 2. The summed E-state index contributed by atoms with van der Waals surface area (Å²) >= 11 is 0. The molecular weight excluding hydrogens is 312 g/mol. The molecule has 5 heteroatoms. The van der Waals surface area contributed by atoms with Gasteiger partial charge in [0.25, 0.3) is 0 Å². The van der Waals surface area contributed by atoms with E-state index in [-0.39, 0.29) is 5.91 Å². The second-order valence-electron chi connectivity index (χ2n) is 5.96. The number of unbranched alkanes of at least 4 members (excludes halogenated alkanes) is 4. The van der Waals surface area contributed by atoms with Crippen molar-refractivity contribution >= 4 is 11.6 Å². The van der Waals surface area contributed by atoms with E-state index in [1.807, 2.05) is 42.5 Å². The normalized spacial score (nSPS) is 10.1. The Morgan fingerprint density at radius 2 is 1.52 bits per heavy atom. The van der Waals surface area contributed by atoms with Gasteiger partial charge in [0.2, 0.25) is 5.91 Å². The molecule has 0 heterocycles. The number of carbonyl (C=O) groups excluding carboxylic acids is 1. The zero-order chi connectivity index (χ0) is 17.7. The summed E-state index contributed by atoms with van der Waals surface area (Å²) in [6.45, 7) is 0.565. The molecule has 130 valence electrons. The van der Waals surface area contributed by atoms with E-state index in [1.165, 1.54) is 5.56 Å². The molecule has 1 N–H and O–H groups in total. The zero-order valence-corrected chi connectivity index (χ0v) is 14.4. The molecule has 25 heavy (non-hydrogen) atoms. The molecule has 2 rings (SSSR count). The first-order valence-corrected chi connectivity index (χ1v) is 8.76. The Bertz CT molecular complexity index is 691. The molecule has 0 saturated heterocycles. The minimum atomic E-state index is 0.0570. The van der Waals surface area contributed by atoms with Crippen LogP contribution < -0.4 is 5.32 Å². The van der Waals surface area contributed by atoms with Crippen LogP contribution in [0.4, 0.5) is 5.69 Å². The van der Waals surface area contributed by atoms with Gasteiger partial charge in [0.15, 0.2) is 0 Å². The van der Waals surface area contributed by atoms with Crippen LogP contribution in [0.25, 0.3) is 21.6 Å². The Balaban J connectivity index is 1.66. The summed E-state index contributed by atoms with van der Waals surface area (Å²) in [6.07, 6.45) is 5.48. The highest BCUT2D eigenvalue weighted by molar-refractivity contribution is 5.90. The van der Waals surface area contributed by atoms with E-state index in [9.17, 15) is 4.79 Å². The number of nitrogens with one attached hydrogen (secondary N) is 1. The second kappa shape index (κ2) is 10.9. The van der Waals surface area contributed by atoms with Gasteiger partial charge in [0.05, 0.1) is 0 Å². The molecule has 0 bridgehead atoms. The van der Waals surface area contributed by atoms with Gasteiger partial charge in [-0.3, -0.25) is 4.79 Å². The molecule has 0 atom stereocenters. The van der Waals surface area contributed by atoms with Crippen LogP contribution in [0.5, 0.6) is 0 Å². The molecule has 0 spiro atoms. The van der Waals surface area contributed by atoms with Gasteiger partial charge in [0.1, 0.15) is 0 Å². The van der Waals surface area contributed by atoms with Crippen molar-refractivity contribution < 1.29 is 4.79 Å². The summed E-state index contributed by atoms with van der Waals surface area (Å²) in [4.78, 5) is 14.7. The third kappa shape index (κ3) is 7.10. The molecule has 5 nitrogen and oxygen atoms in total. The fourth-order valence-electron chi connectivity index (χ4n) is 2.64. The fourth-order valence-corrected chi connectivity index (χ4v) is 2.64. The summed E-state index contributed by atoms with van der Waals surface area (Å²) in [6, 6.07) is 18.1. The molecule has 0 aliphatic carbocycles. The van der Waals surface area contributed by atoms with E-state index in [2.05, 4.69) is 27.5 Å². The van der Waals surface area contributed by atoms with Crippen molar-refractivity contribution in [1.82, 2.24) is 0 Å². The lowest BCUT2D eigenvalue weighted by atomic mass is 10.1. The SMILES string of the molecule is [N-]=[N+]=NCCCCCCCC(=O)Nc1ccc(-c2ccccc2)cc1. The molecule has 0 unspecified atom stereocenters. The van der Waals surface area contributed by atoms with Gasteiger partial charge >= 0.3 is 0 Å². The van der Waals surface area contributed by atoms with E-state index < -0.39 is 0 Å². The number of nitrogens with zero attached hydrogens (tertiary/aromatic N) is 3. The van der Waals surface area contributed by atoms with Crippen molar-refractivity contribution in [2.24, 2.45) is 5.11 Å². The summed E-state index contributed by atoms with van der Waals surface area (Å²) in [5.41, 5.74) is 11.3. The van der Waals surface area contributed by atoms with Crippen LogP contribution >= 0.6 is 0 Å². The molecule has 0 aliphatic heterocycles. The highest BCUT2D eigenvalue weighted by Crippen LogP contribution is 2.21. The Labute approximate surface area is 148 Å². The predicted octanol–water partition coefficient (Wildman–Crippen LogP) is 5.94. The van der Waals surface area contributed by atoms with Crippen molar-refractivity contribution in [3.8, 4) is 11.1 Å². The van der Waals surface area contributed by atoms with E-state index >= 15 is 0 Å². The number of azide groups is 1. The van der Waals surface area contributed by atoms with Gasteiger partial charge in [-0.1, -0.05) is 66.8 Å². The van der Waals surface area contributed by atoms with Gasteiger partial charge in [-0.2, -0.15) is 0 Å². The summed E-state index contributed by atoms with van der Waals surface area (Å²) in [7, 11) is 0. The smallest absolute Gasteiger partial charge is 0.224 e. The van der Waals surface area contributed by atoms with Crippen LogP contribution in [0.2, 0.25) is 0 Å². The molecule has 0 aromatic heterocycles. The largest absolute Gasteiger partial charge is 0.326 e. The van der Waals surface area contributed by atoms with E-state index in [4.69, 9.17) is 5.53 Å². The van der Waals surface area contributed by atoms with Gasteiger partial charge in [0, 0.05) is 23.6 Å². The van der Waals surface area contributed by atoms with Crippen LogP contribution in [0, 0.1) is 0 Å². The summed E-state index contributed by atoms with van der Waals surface area (Å²) in [5, 5.41) is 6.45. The first kappa shape index (κ1) is 18.6. The number of benzene rings is 2. The van der Waals surface area contributed by atoms with Gasteiger partial charge < -0.3 is 5.32 Å². The lowest BCUT2D eigenvalue weighted by molar-refractivity contribution is -0.116. The predicted molar refractivity (Wildman–Crippen MR) is 102 cm³/mol. The number of rotatable bonds is 10. The van der Waals surface area contributed by atoms with E-state index in [1.54, 1.807) is 0 Å². The van der Waals surface area contributed by atoms with Crippen LogP contribution in [-0.2, 0) is 4.79 Å². The topological polar surface area (TPSA) is 77.9 Å². The van der Waals surface area contributed by atoms with Gasteiger partial charge in [-0.25, -0.2) is 0 Å². The number of amides is 1. The highest BCUT2D eigenvalue weighted by Gasteiger charge is 2.03. The van der Waals surface area contributed by atoms with E-state index in [0.717, 1.165) is 43.4 Å². The van der Waals surface area contributed by atoms with Gasteiger partial charge in [-0.15, -0.1) is 0 Å². The molecule has 0 saturated carbocycles. The van der Waals surface area contributed by atoms with Crippen molar-refractivity contribution in [2.75, 3.05) is 11.9 Å². The van der Waals surface area contributed by atoms with Crippen LogP contribution in [0.3, 0.4) is 0 Å². The van der Waals surface area contributed by atoms with Crippen molar-refractivity contribution in [1.29, 1.82) is 0 Å². The first-order chi connectivity index (χ1) is 12.3. The Kier molecular flexibility index (Phi) is 8.09. The Hall–Kier alpha value is -2.78. The molecule has 0 fully saturated rings. The number of anilines is 1. The Morgan fingerprint density at radius 1 is 0.880 bits per heavy atom. The number of carbonyl (C=O) groups is 1. The molecule has 2 aromatic carbocycles. The van der Waals surface area contributed by atoms with E-state index in [0.29, 0.717) is 13.0 Å². The number of hydrogen-bond donors (Lipinski definition) is 1. The second-order valence-corrected chi connectivity index (χ2v) is 5.96. The summed E-state index contributed by atoms with van der Waals surface area (Å²) < 4.78 is 0. The molecule has 0 aliphatic rings. The quantitative estimate of drug-likeness (QED) is 0.248. The maximum Gasteiger partial charge on any atom is 0.224 e. The van der Waals surface area contributed by atoms with Crippen molar-refractivity contribution in [3.05, 3.63) is 65.0 Å². The molecule has 1 amide bonds. The molecule has 0 radical (unpaired) electrons.